The topological polar surface area (TPSA) is 76.1 Å². The van der Waals surface area contributed by atoms with Crippen molar-refractivity contribution in [2.75, 3.05) is 28.8 Å². The molecule has 154 valence electrons. The van der Waals surface area contributed by atoms with Gasteiger partial charge in [0.25, 0.3) is 0 Å². The molecular weight excluding hydrogens is 368 g/mol. The van der Waals surface area contributed by atoms with Crippen molar-refractivity contribution in [1.29, 1.82) is 0 Å². The van der Waals surface area contributed by atoms with E-state index in [1.807, 2.05) is 109 Å². The summed E-state index contributed by atoms with van der Waals surface area (Å²) in [6, 6.07) is 35.9. The molecule has 0 amide bonds. The molecule has 4 nitrogen and oxygen atoms in total. The minimum atomic E-state index is 0. The third-order valence-electron chi connectivity index (χ3n) is 4.29. The number of rotatable bonds is 5. The zero-order chi connectivity index (χ0) is 20.3. The lowest BCUT2D eigenvalue weighted by Crippen LogP contribution is -2.11. The van der Waals surface area contributed by atoms with Gasteiger partial charge in [-0.2, -0.15) is 0 Å². The molecule has 0 saturated heterocycles. The molecule has 0 aliphatic rings. The molecule has 0 unspecified atom stereocenters. The van der Waals surface area contributed by atoms with Crippen LogP contribution in [0, 0.1) is 0 Å². The number of hydrogen-bond acceptors (Lipinski definition) is 4. The maximum absolute atomic E-state index is 5.61. The van der Waals surface area contributed by atoms with E-state index in [1.165, 1.54) is 0 Å². The normalized spacial score (nSPS) is 9.47. The molecule has 0 heterocycles. The second-order valence-corrected chi connectivity index (χ2v) is 6.51. The molecule has 4 heteroatoms. The Hall–Kier alpha value is -3.92. The van der Waals surface area contributed by atoms with Gasteiger partial charge < -0.3 is 22.1 Å². The fourth-order valence-electron chi connectivity index (χ4n) is 2.71. The van der Waals surface area contributed by atoms with E-state index in [-0.39, 0.29) is 7.43 Å². The summed E-state index contributed by atoms with van der Waals surface area (Å²) >= 11 is 0. The van der Waals surface area contributed by atoms with Crippen molar-refractivity contribution >= 4 is 22.7 Å². The number of nitrogen functional groups attached to an aromatic ring is 2. The maximum atomic E-state index is 5.61. The summed E-state index contributed by atoms with van der Waals surface area (Å²) in [5, 5.41) is 6.56. The summed E-state index contributed by atoms with van der Waals surface area (Å²) in [6.07, 6.45) is 0. The van der Waals surface area contributed by atoms with Gasteiger partial charge in [0, 0.05) is 22.7 Å². The highest BCUT2D eigenvalue weighted by molar-refractivity contribution is 5.67. The van der Waals surface area contributed by atoms with Gasteiger partial charge in [0.2, 0.25) is 0 Å². The maximum Gasteiger partial charge on any atom is 0.0849 e. The van der Waals surface area contributed by atoms with Gasteiger partial charge in [0.15, 0.2) is 0 Å². The van der Waals surface area contributed by atoms with Crippen molar-refractivity contribution in [2.45, 2.75) is 7.43 Å². The Morgan fingerprint density at radius 3 is 1.13 bits per heavy atom. The lowest BCUT2D eigenvalue weighted by molar-refractivity contribution is 1.22. The largest absolute Gasteiger partial charge is 0.399 e. The van der Waals surface area contributed by atoms with Crippen LogP contribution in [0.4, 0.5) is 22.7 Å². The molecule has 4 rings (SSSR count). The van der Waals surface area contributed by atoms with Crippen molar-refractivity contribution < 1.29 is 0 Å². The standard InChI is InChI=1S/C13H14N2.C12H12N2.CH4/c1-3-7-12(8-4-1)14-11-15-13-9-5-2-6-10-13;13-11-5-1-9(2-6-11)10-3-7-12(14)8-4-10;/h1-10,14-15H,11H2;1-8H,13-14H2;1H4. The van der Waals surface area contributed by atoms with Crippen LogP contribution in [-0.2, 0) is 0 Å². The van der Waals surface area contributed by atoms with E-state index in [0.29, 0.717) is 0 Å². The van der Waals surface area contributed by atoms with Crippen LogP contribution in [0.5, 0.6) is 0 Å². The van der Waals surface area contributed by atoms with E-state index in [0.717, 1.165) is 40.5 Å². The SMILES string of the molecule is C.Nc1ccc(-c2ccc(N)cc2)cc1.c1ccc(NCNc2ccccc2)cc1. The van der Waals surface area contributed by atoms with Crippen LogP contribution in [0.1, 0.15) is 7.43 Å². The first-order valence-corrected chi connectivity index (χ1v) is 9.50. The summed E-state index contributed by atoms with van der Waals surface area (Å²) in [4.78, 5) is 0. The van der Waals surface area contributed by atoms with Crippen LogP contribution >= 0.6 is 0 Å². The fraction of sp³-hybridized carbons (Fsp3) is 0.0769. The van der Waals surface area contributed by atoms with Gasteiger partial charge in [-0.15, -0.1) is 0 Å². The van der Waals surface area contributed by atoms with Gasteiger partial charge in [-0.05, 0) is 59.7 Å². The summed E-state index contributed by atoms with van der Waals surface area (Å²) in [7, 11) is 0. The molecule has 0 spiro atoms. The van der Waals surface area contributed by atoms with Crippen LogP contribution < -0.4 is 22.1 Å². The predicted molar refractivity (Wildman–Crippen MR) is 132 cm³/mol. The van der Waals surface area contributed by atoms with E-state index >= 15 is 0 Å². The summed E-state index contributed by atoms with van der Waals surface area (Å²) < 4.78 is 0. The van der Waals surface area contributed by atoms with E-state index in [9.17, 15) is 0 Å². The first-order valence-electron chi connectivity index (χ1n) is 9.50. The zero-order valence-electron chi connectivity index (χ0n) is 16.3. The van der Waals surface area contributed by atoms with Crippen LogP contribution in [0.25, 0.3) is 11.1 Å². The molecule has 0 aliphatic carbocycles. The molecule has 30 heavy (non-hydrogen) atoms. The van der Waals surface area contributed by atoms with Crippen molar-refractivity contribution in [3.8, 4) is 11.1 Å². The predicted octanol–water partition coefficient (Wildman–Crippen LogP) is 6.32. The first kappa shape index (κ1) is 22.4. The van der Waals surface area contributed by atoms with Crippen LogP contribution in [0.3, 0.4) is 0 Å². The molecule has 0 bridgehead atoms. The van der Waals surface area contributed by atoms with Crippen LogP contribution in [0.15, 0.2) is 109 Å². The minimum Gasteiger partial charge on any atom is -0.399 e. The van der Waals surface area contributed by atoms with Crippen molar-refractivity contribution in [3.05, 3.63) is 109 Å². The molecule has 0 radical (unpaired) electrons. The lowest BCUT2D eigenvalue weighted by Gasteiger charge is -2.08. The lowest BCUT2D eigenvalue weighted by atomic mass is 10.1. The highest BCUT2D eigenvalue weighted by Crippen LogP contribution is 2.21. The van der Waals surface area contributed by atoms with Crippen molar-refractivity contribution in [1.82, 2.24) is 0 Å². The number of benzene rings is 4. The second-order valence-electron chi connectivity index (χ2n) is 6.51. The molecule has 4 aromatic carbocycles. The van der Waals surface area contributed by atoms with Gasteiger partial charge in [-0.1, -0.05) is 68.1 Å². The van der Waals surface area contributed by atoms with Crippen molar-refractivity contribution in [3.63, 3.8) is 0 Å². The molecule has 0 aliphatic heterocycles. The first-order chi connectivity index (χ1) is 14.2. The van der Waals surface area contributed by atoms with Crippen LogP contribution in [0.2, 0.25) is 0 Å². The van der Waals surface area contributed by atoms with Gasteiger partial charge in [-0.25, -0.2) is 0 Å². The average Bonchev–Trinajstić information content (AvgIpc) is 2.77. The zero-order valence-corrected chi connectivity index (χ0v) is 16.3. The second kappa shape index (κ2) is 11.8. The number of nitrogens with two attached hydrogens (primary N) is 2. The van der Waals surface area contributed by atoms with Crippen LogP contribution in [-0.4, -0.2) is 6.67 Å². The Morgan fingerprint density at radius 2 is 0.800 bits per heavy atom. The Bertz CT molecular complexity index is 884. The summed E-state index contributed by atoms with van der Waals surface area (Å²) in [6.45, 7) is 0.730. The Kier molecular flexibility index (Phi) is 8.81. The smallest absolute Gasteiger partial charge is 0.0849 e. The Labute approximate surface area is 179 Å². The van der Waals surface area contributed by atoms with E-state index in [2.05, 4.69) is 10.6 Å². The quantitative estimate of drug-likeness (QED) is 0.234. The number of anilines is 4. The van der Waals surface area contributed by atoms with Gasteiger partial charge in [0.05, 0.1) is 6.67 Å². The highest BCUT2D eigenvalue weighted by atomic mass is 15.1. The van der Waals surface area contributed by atoms with Gasteiger partial charge in [0.1, 0.15) is 0 Å². The number of nitrogens with one attached hydrogen (secondary N) is 2. The molecular formula is C26H30N4. The average molecular weight is 399 g/mol. The van der Waals surface area contributed by atoms with Crippen molar-refractivity contribution in [2.24, 2.45) is 0 Å². The minimum absolute atomic E-state index is 0. The number of hydrogen-bond donors (Lipinski definition) is 4. The fourth-order valence-corrected chi connectivity index (χ4v) is 2.71. The molecule has 0 aromatic heterocycles. The Morgan fingerprint density at radius 1 is 0.467 bits per heavy atom. The molecule has 0 fully saturated rings. The molecule has 4 aromatic rings. The monoisotopic (exact) mass is 398 g/mol. The van der Waals surface area contributed by atoms with E-state index < -0.39 is 0 Å². The highest BCUT2D eigenvalue weighted by Gasteiger charge is 1.96. The van der Waals surface area contributed by atoms with E-state index in [1.54, 1.807) is 0 Å². The third kappa shape index (κ3) is 7.24. The third-order valence-corrected chi connectivity index (χ3v) is 4.29. The summed E-state index contributed by atoms with van der Waals surface area (Å²) in [5.41, 5.74) is 17.3. The molecule has 6 N–H and O–H groups in total. The Balaban J connectivity index is 0.000000207. The van der Waals surface area contributed by atoms with E-state index in [4.69, 9.17) is 11.5 Å². The summed E-state index contributed by atoms with van der Waals surface area (Å²) in [5.74, 6) is 0. The van der Waals surface area contributed by atoms with Gasteiger partial charge in [-0.3, -0.25) is 0 Å². The number of para-hydroxylation sites is 2. The molecule has 0 atom stereocenters. The molecule has 0 saturated carbocycles. The van der Waals surface area contributed by atoms with Gasteiger partial charge >= 0.3 is 0 Å².